The van der Waals surface area contributed by atoms with Gasteiger partial charge in [0.1, 0.15) is 0 Å². The summed E-state index contributed by atoms with van der Waals surface area (Å²) in [5.74, 6) is -0.0423. The first-order valence-electron chi connectivity index (χ1n) is 4.64. The molecule has 0 fully saturated rings. The van der Waals surface area contributed by atoms with Gasteiger partial charge in [-0.3, -0.25) is 14.8 Å². The molecule has 2 aromatic heterocycles. The zero-order valence-corrected chi connectivity index (χ0v) is 8.34. The van der Waals surface area contributed by atoms with Crippen LogP contribution in [0, 0.1) is 6.92 Å². The van der Waals surface area contributed by atoms with Gasteiger partial charge in [-0.25, -0.2) is 0 Å². The molecular formula is C12H10N2O. The fourth-order valence-corrected chi connectivity index (χ4v) is 1.34. The van der Waals surface area contributed by atoms with Gasteiger partial charge >= 0.3 is 0 Å². The average Bonchev–Trinajstić information content (AvgIpc) is 2.29. The second kappa shape index (κ2) is 4.00. The second-order valence-electron chi connectivity index (χ2n) is 3.32. The number of carbonyl (C=O) groups is 1. The zero-order chi connectivity index (χ0) is 10.7. The molecule has 0 aliphatic rings. The molecule has 2 aromatic rings. The van der Waals surface area contributed by atoms with Gasteiger partial charge < -0.3 is 0 Å². The van der Waals surface area contributed by atoms with Gasteiger partial charge in [0.2, 0.25) is 0 Å². The number of rotatable bonds is 2. The lowest BCUT2D eigenvalue weighted by molar-refractivity contribution is 0.103. The predicted octanol–water partition coefficient (Wildman–Crippen LogP) is 2.02. The first-order chi connectivity index (χ1) is 7.27. The molecule has 3 heteroatoms. The summed E-state index contributed by atoms with van der Waals surface area (Å²) in [7, 11) is 0. The first kappa shape index (κ1) is 9.52. The van der Waals surface area contributed by atoms with E-state index in [1.54, 1.807) is 36.9 Å². The Morgan fingerprint density at radius 1 is 1.13 bits per heavy atom. The van der Waals surface area contributed by atoms with Gasteiger partial charge in [0, 0.05) is 35.9 Å². The maximum atomic E-state index is 11.9. The molecule has 0 N–H and O–H groups in total. The third-order valence-electron chi connectivity index (χ3n) is 2.06. The number of hydrogen-bond acceptors (Lipinski definition) is 3. The summed E-state index contributed by atoms with van der Waals surface area (Å²) in [6, 6.07) is 5.32. The van der Waals surface area contributed by atoms with Crippen molar-refractivity contribution in [2.24, 2.45) is 0 Å². The third-order valence-corrected chi connectivity index (χ3v) is 2.06. The Balaban J connectivity index is 2.37. The monoisotopic (exact) mass is 198 g/mol. The summed E-state index contributed by atoms with van der Waals surface area (Å²) in [4.78, 5) is 19.8. The van der Waals surface area contributed by atoms with Crippen molar-refractivity contribution in [2.45, 2.75) is 6.92 Å². The Bertz CT molecular complexity index is 480. The van der Waals surface area contributed by atoms with Gasteiger partial charge in [-0.15, -0.1) is 0 Å². The SMILES string of the molecule is Cc1cncc(C(=O)c2cccnc2)c1. The maximum absolute atomic E-state index is 11.9. The van der Waals surface area contributed by atoms with E-state index >= 15 is 0 Å². The minimum atomic E-state index is -0.0423. The fourth-order valence-electron chi connectivity index (χ4n) is 1.34. The molecule has 0 bridgehead atoms. The summed E-state index contributed by atoms with van der Waals surface area (Å²) in [6.45, 7) is 1.91. The Labute approximate surface area is 87.8 Å². The first-order valence-corrected chi connectivity index (χ1v) is 4.64. The van der Waals surface area contributed by atoms with Crippen LogP contribution in [0.15, 0.2) is 43.0 Å². The van der Waals surface area contributed by atoms with E-state index in [4.69, 9.17) is 0 Å². The van der Waals surface area contributed by atoms with Crippen molar-refractivity contribution in [2.75, 3.05) is 0 Å². The molecule has 0 radical (unpaired) electrons. The highest BCUT2D eigenvalue weighted by molar-refractivity contribution is 6.08. The molecule has 0 aromatic carbocycles. The number of aryl methyl sites for hydroxylation is 1. The molecule has 0 amide bonds. The Morgan fingerprint density at radius 3 is 2.60 bits per heavy atom. The van der Waals surface area contributed by atoms with Crippen LogP contribution in [0.5, 0.6) is 0 Å². The van der Waals surface area contributed by atoms with Crippen molar-refractivity contribution < 1.29 is 4.79 Å². The molecule has 74 valence electrons. The fraction of sp³-hybridized carbons (Fsp3) is 0.0833. The topological polar surface area (TPSA) is 42.9 Å². The van der Waals surface area contributed by atoms with Crippen molar-refractivity contribution in [3.63, 3.8) is 0 Å². The van der Waals surface area contributed by atoms with Crippen LogP contribution < -0.4 is 0 Å². The summed E-state index contributed by atoms with van der Waals surface area (Å²) < 4.78 is 0. The normalized spacial score (nSPS) is 9.93. The maximum Gasteiger partial charge on any atom is 0.196 e. The summed E-state index contributed by atoms with van der Waals surface area (Å²) in [6.07, 6.45) is 6.50. The molecule has 0 unspecified atom stereocenters. The minimum absolute atomic E-state index is 0.0423. The molecule has 0 aliphatic heterocycles. The van der Waals surface area contributed by atoms with Gasteiger partial charge in [0.15, 0.2) is 5.78 Å². The Kier molecular flexibility index (Phi) is 2.54. The minimum Gasteiger partial charge on any atom is -0.288 e. The van der Waals surface area contributed by atoms with Crippen molar-refractivity contribution in [3.05, 3.63) is 59.7 Å². The molecule has 0 aliphatic carbocycles. The lowest BCUT2D eigenvalue weighted by Gasteiger charge is -2.00. The molecule has 2 rings (SSSR count). The molecule has 3 nitrogen and oxygen atoms in total. The van der Waals surface area contributed by atoms with Crippen LogP contribution in [-0.2, 0) is 0 Å². The quantitative estimate of drug-likeness (QED) is 0.693. The van der Waals surface area contributed by atoms with Gasteiger partial charge in [0.25, 0.3) is 0 Å². The van der Waals surface area contributed by atoms with E-state index in [0.717, 1.165) is 5.56 Å². The highest BCUT2D eigenvalue weighted by Gasteiger charge is 2.08. The van der Waals surface area contributed by atoms with Crippen molar-refractivity contribution in [1.29, 1.82) is 0 Å². The standard InChI is InChI=1S/C12H10N2O/c1-9-5-11(8-14-6-9)12(15)10-3-2-4-13-7-10/h2-8H,1H3. The summed E-state index contributed by atoms with van der Waals surface area (Å²) in [5, 5.41) is 0. The number of nitrogens with zero attached hydrogens (tertiary/aromatic N) is 2. The molecule has 0 saturated heterocycles. The number of aromatic nitrogens is 2. The van der Waals surface area contributed by atoms with Gasteiger partial charge in [-0.05, 0) is 30.7 Å². The Morgan fingerprint density at radius 2 is 1.93 bits per heavy atom. The van der Waals surface area contributed by atoms with E-state index in [9.17, 15) is 4.79 Å². The van der Waals surface area contributed by atoms with Crippen LogP contribution in [0.4, 0.5) is 0 Å². The lowest BCUT2D eigenvalue weighted by atomic mass is 10.1. The number of carbonyl (C=O) groups excluding carboxylic acids is 1. The largest absolute Gasteiger partial charge is 0.288 e. The van der Waals surface area contributed by atoms with Crippen molar-refractivity contribution in [1.82, 2.24) is 9.97 Å². The van der Waals surface area contributed by atoms with Crippen molar-refractivity contribution in [3.8, 4) is 0 Å². The predicted molar refractivity (Wildman–Crippen MR) is 56.6 cm³/mol. The van der Waals surface area contributed by atoms with E-state index in [1.807, 2.05) is 13.0 Å². The second-order valence-corrected chi connectivity index (χ2v) is 3.32. The van der Waals surface area contributed by atoms with E-state index in [2.05, 4.69) is 9.97 Å². The van der Waals surface area contributed by atoms with E-state index in [1.165, 1.54) is 0 Å². The van der Waals surface area contributed by atoms with Crippen LogP contribution in [0.1, 0.15) is 21.5 Å². The van der Waals surface area contributed by atoms with Gasteiger partial charge in [0.05, 0.1) is 0 Å². The van der Waals surface area contributed by atoms with Gasteiger partial charge in [-0.2, -0.15) is 0 Å². The number of ketones is 1. The highest BCUT2D eigenvalue weighted by Crippen LogP contribution is 2.08. The molecule has 0 saturated carbocycles. The van der Waals surface area contributed by atoms with Crippen LogP contribution >= 0.6 is 0 Å². The molecule has 0 atom stereocenters. The van der Waals surface area contributed by atoms with E-state index in [-0.39, 0.29) is 5.78 Å². The molecule has 15 heavy (non-hydrogen) atoms. The van der Waals surface area contributed by atoms with Gasteiger partial charge in [-0.1, -0.05) is 0 Å². The van der Waals surface area contributed by atoms with Crippen LogP contribution in [-0.4, -0.2) is 15.8 Å². The third kappa shape index (κ3) is 2.07. The molecule has 0 spiro atoms. The van der Waals surface area contributed by atoms with Crippen LogP contribution in [0.3, 0.4) is 0 Å². The smallest absolute Gasteiger partial charge is 0.196 e. The number of pyridine rings is 2. The van der Waals surface area contributed by atoms with Crippen molar-refractivity contribution >= 4 is 5.78 Å². The molecular weight excluding hydrogens is 188 g/mol. The Hall–Kier alpha value is -2.03. The average molecular weight is 198 g/mol. The van der Waals surface area contributed by atoms with Crippen LogP contribution in [0.2, 0.25) is 0 Å². The van der Waals surface area contributed by atoms with Crippen LogP contribution in [0.25, 0.3) is 0 Å². The lowest BCUT2D eigenvalue weighted by Crippen LogP contribution is -2.02. The summed E-state index contributed by atoms with van der Waals surface area (Å²) >= 11 is 0. The van der Waals surface area contributed by atoms with E-state index < -0.39 is 0 Å². The molecule has 2 heterocycles. The number of hydrogen-bond donors (Lipinski definition) is 0. The zero-order valence-electron chi connectivity index (χ0n) is 8.34. The highest BCUT2D eigenvalue weighted by atomic mass is 16.1. The van der Waals surface area contributed by atoms with E-state index in [0.29, 0.717) is 11.1 Å². The summed E-state index contributed by atoms with van der Waals surface area (Å²) in [5.41, 5.74) is 2.16.